The molecule has 1 aromatic heterocycles. The first kappa shape index (κ1) is 19.1. The number of hydrogen-bond donors (Lipinski definition) is 2. The van der Waals surface area contributed by atoms with Gasteiger partial charge in [0.2, 0.25) is 11.8 Å². The number of nitrogens with zero attached hydrogens (tertiary/aromatic N) is 3. The average Bonchev–Trinajstić information content (AvgIpc) is 2.85. The highest BCUT2D eigenvalue weighted by Gasteiger charge is 2.31. The van der Waals surface area contributed by atoms with Crippen molar-refractivity contribution in [1.29, 1.82) is 0 Å². The standard InChI is InChI=1S/C21H23N5O3/c27-19(26-10-8-25(9-11-26)14-15-4-3-7-22-13-15)12-18-21(29)23-17-6-2-1-5-16(17)20(28)24-18/h1-7,13,18H,8-12,14H2,(H,23,29)(H,24,28)/t18-/m1/s1. The van der Waals surface area contributed by atoms with Gasteiger partial charge in [-0.1, -0.05) is 18.2 Å². The summed E-state index contributed by atoms with van der Waals surface area (Å²) in [7, 11) is 0. The Hall–Kier alpha value is -3.26. The van der Waals surface area contributed by atoms with Gasteiger partial charge in [0.05, 0.1) is 17.7 Å². The number of para-hydroxylation sites is 1. The molecule has 3 amide bonds. The van der Waals surface area contributed by atoms with E-state index in [2.05, 4.69) is 20.5 Å². The van der Waals surface area contributed by atoms with Gasteiger partial charge in [0, 0.05) is 45.1 Å². The Labute approximate surface area is 168 Å². The van der Waals surface area contributed by atoms with Crippen LogP contribution in [0.5, 0.6) is 0 Å². The molecule has 1 aromatic carbocycles. The van der Waals surface area contributed by atoms with Crippen LogP contribution in [-0.2, 0) is 16.1 Å². The van der Waals surface area contributed by atoms with Crippen molar-refractivity contribution in [3.05, 3.63) is 59.9 Å². The van der Waals surface area contributed by atoms with Crippen LogP contribution in [0.25, 0.3) is 0 Å². The number of hydrogen-bond acceptors (Lipinski definition) is 5. The summed E-state index contributed by atoms with van der Waals surface area (Å²) in [4.78, 5) is 45.8. The monoisotopic (exact) mass is 393 g/mol. The molecule has 8 heteroatoms. The number of piperazine rings is 1. The molecule has 0 spiro atoms. The molecular weight excluding hydrogens is 370 g/mol. The Morgan fingerprint density at radius 3 is 2.62 bits per heavy atom. The van der Waals surface area contributed by atoms with Crippen LogP contribution in [0.1, 0.15) is 22.3 Å². The van der Waals surface area contributed by atoms with Crippen LogP contribution in [0.15, 0.2) is 48.8 Å². The SMILES string of the molecule is O=C1N[C@H](CC(=O)N2CCN(Cc3cccnc3)CC2)C(=O)Nc2ccccc21. The third-order valence-corrected chi connectivity index (χ3v) is 5.28. The number of carbonyl (C=O) groups excluding carboxylic acids is 3. The second-order valence-corrected chi connectivity index (χ2v) is 7.28. The number of rotatable bonds is 4. The Balaban J connectivity index is 1.32. The maximum Gasteiger partial charge on any atom is 0.254 e. The third kappa shape index (κ3) is 4.43. The number of benzene rings is 1. The van der Waals surface area contributed by atoms with Crippen molar-refractivity contribution in [2.75, 3.05) is 31.5 Å². The topological polar surface area (TPSA) is 94.6 Å². The van der Waals surface area contributed by atoms with Crippen molar-refractivity contribution >= 4 is 23.4 Å². The van der Waals surface area contributed by atoms with Crippen LogP contribution in [0, 0.1) is 0 Å². The quantitative estimate of drug-likeness (QED) is 0.804. The summed E-state index contributed by atoms with van der Waals surface area (Å²) in [5.74, 6) is -0.845. The zero-order chi connectivity index (χ0) is 20.2. The zero-order valence-electron chi connectivity index (χ0n) is 16.0. The van der Waals surface area contributed by atoms with Crippen molar-refractivity contribution in [3.63, 3.8) is 0 Å². The minimum absolute atomic E-state index is 0.0475. The van der Waals surface area contributed by atoms with E-state index in [-0.39, 0.29) is 24.1 Å². The largest absolute Gasteiger partial charge is 0.340 e. The number of carbonyl (C=O) groups is 3. The Morgan fingerprint density at radius 2 is 1.86 bits per heavy atom. The Kier molecular flexibility index (Phi) is 5.53. The van der Waals surface area contributed by atoms with E-state index in [1.165, 1.54) is 0 Å². The van der Waals surface area contributed by atoms with Gasteiger partial charge in [0.25, 0.3) is 5.91 Å². The molecule has 0 unspecified atom stereocenters. The lowest BCUT2D eigenvalue weighted by molar-refractivity contribution is -0.135. The third-order valence-electron chi connectivity index (χ3n) is 5.28. The van der Waals surface area contributed by atoms with E-state index >= 15 is 0 Å². The zero-order valence-corrected chi connectivity index (χ0v) is 16.0. The van der Waals surface area contributed by atoms with Crippen molar-refractivity contribution in [3.8, 4) is 0 Å². The van der Waals surface area contributed by atoms with E-state index in [9.17, 15) is 14.4 Å². The second kappa shape index (κ2) is 8.40. The number of pyridine rings is 1. The molecular formula is C21H23N5O3. The molecule has 29 heavy (non-hydrogen) atoms. The highest BCUT2D eigenvalue weighted by atomic mass is 16.2. The van der Waals surface area contributed by atoms with Crippen LogP contribution in [0.2, 0.25) is 0 Å². The Bertz CT molecular complexity index is 910. The minimum Gasteiger partial charge on any atom is -0.340 e. The predicted molar refractivity (Wildman–Crippen MR) is 107 cm³/mol. The van der Waals surface area contributed by atoms with E-state index in [0.717, 1.165) is 25.2 Å². The van der Waals surface area contributed by atoms with Gasteiger partial charge in [-0.3, -0.25) is 24.3 Å². The number of anilines is 1. The molecule has 1 atom stereocenters. The summed E-state index contributed by atoms with van der Waals surface area (Å²) in [6.45, 7) is 3.52. The van der Waals surface area contributed by atoms with E-state index in [4.69, 9.17) is 0 Å². The molecule has 1 saturated heterocycles. The molecule has 2 aliphatic rings. The van der Waals surface area contributed by atoms with Crippen molar-refractivity contribution in [2.24, 2.45) is 0 Å². The van der Waals surface area contributed by atoms with Gasteiger partial charge in [-0.2, -0.15) is 0 Å². The summed E-state index contributed by atoms with van der Waals surface area (Å²) < 4.78 is 0. The van der Waals surface area contributed by atoms with E-state index in [1.54, 1.807) is 35.4 Å². The Morgan fingerprint density at radius 1 is 1.07 bits per heavy atom. The van der Waals surface area contributed by atoms with Gasteiger partial charge in [0.15, 0.2) is 0 Å². The fourth-order valence-corrected chi connectivity index (χ4v) is 3.66. The van der Waals surface area contributed by atoms with E-state index in [1.807, 2.05) is 18.3 Å². The highest BCUT2D eigenvalue weighted by molar-refractivity contribution is 6.10. The molecule has 1 fully saturated rings. The van der Waals surface area contributed by atoms with E-state index in [0.29, 0.717) is 24.3 Å². The second-order valence-electron chi connectivity index (χ2n) is 7.28. The lowest BCUT2D eigenvalue weighted by Crippen LogP contribution is -2.51. The number of fused-ring (bicyclic) bond motifs is 1. The van der Waals surface area contributed by atoms with Gasteiger partial charge in [-0.15, -0.1) is 0 Å². The van der Waals surface area contributed by atoms with Crippen molar-refractivity contribution < 1.29 is 14.4 Å². The number of amides is 3. The van der Waals surface area contributed by atoms with Crippen LogP contribution in [-0.4, -0.2) is 64.7 Å². The predicted octanol–water partition coefficient (Wildman–Crippen LogP) is 0.867. The molecule has 3 heterocycles. The summed E-state index contributed by atoms with van der Waals surface area (Å²) in [6, 6.07) is 9.89. The first-order chi connectivity index (χ1) is 14.1. The fourth-order valence-electron chi connectivity index (χ4n) is 3.66. The molecule has 0 aliphatic carbocycles. The summed E-state index contributed by atoms with van der Waals surface area (Å²) in [5.41, 5.74) is 2.01. The molecule has 4 rings (SSSR count). The van der Waals surface area contributed by atoms with Gasteiger partial charge >= 0.3 is 0 Å². The first-order valence-corrected chi connectivity index (χ1v) is 9.70. The van der Waals surface area contributed by atoms with Crippen molar-refractivity contribution in [2.45, 2.75) is 19.0 Å². The molecule has 0 saturated carbocycles. The minimum atomic E-state index is -0.879. The van der Waals surface area contributed by atoms with Crippen LogP contribution in [0.3, 0.4) is 0 Å². The van der Waals surface area contributed by atoms with Crippen molar-refractivity contribution in [1.82, 2.24) is 20.1 Å². The lowest BCUT2D eigenvalue weighted by Gasteiger charge is -2.35. The molecule has 0 bridgehead atoms. The summed E-state index contributed by atoms with van der Waals surface area (Å²) >= 11 is 0. The van der Waals surface area contributed by atoms with Gasteiger partial charge in [0.1, 0.15) is 6.04 Å². The van der Waals surface area contributed by atoms with Crippen LogP contribution >= 0.6 is 0 Å². The number of aromatic nitrogens is 1. The van der Waals surface area contributed by atoms with Gasteiger partial charge < -0.3 is 15.5 Å². The highest BCUT2D eigenvalue weighted by Crippen LogP contribution is 2.19. The number of nitrogens with one attached hydrogen (secondary N) is 2. The van der Waals surface area contributed by atoms with Gasteiger partial charge in [-0.25, -0.2) is 0 Å². The first-order valence-electron chi connectivity index (χ1n) is 9.70. The molecule has 2 aliphatic heterocycles. The molecule has 8 nitrogen and oxygen atoms in total. The maximum absolute atomic E-state index is 12.7. The molecule has 150 valence electrons. The normalized spacial score (nSPS) is 19.7. The summed E-state index contributed by atoms with van der Waals surface area (Å²) in [6.07, 6.45) is 3.55. The maximum atomic E-state index is 12.7. The van der Waals surface area contributed by atoms with Crippen LogP contribution < -0.4 is 10.6 Å². The molecule has 2 N–H and O–H groups in total. The smallest absolute Gasteiger partial charge is 0.254 e. The van der Waals surface area contributed by atoms with Gasteiger partial charge in [-0.05, 0) is 23.8 Å². The average molecular weight is 393 g/mol. The molecule has 0 radical (unpaired) electrons. The fraction of sp³-hybridized carbons (Fsp3) is 0.333. The van der Waals surface area contributed by atoms with E-state index < -0.39 is 6.04 Å². The molecule has 2 aromatic rings. The summed E-state index contributed by atoms with van der Waals surface area (Å²) in [5, 5.41) is 5.42. The van der Waals surface area contributed by atoms with Crippen LogP contribution in [0.4, 0.5) is 5.69 Å². The lowest BCUT2D eigenvalue weighted by atomic mass is 10.1.